The van der Waals surface area contributed by atoms with Crippen molar-refractivity contribution in [3.8, 4) is 5.75 Å². The standard InChI is InChI=1S/C15H23NO3.H2O/c1-12-4-3-5-15(13(12)2)19-11-10-16(18)8-6-14(17)7-9-16;/h3-5,14,17H,6-11H2,1-2H3;1H2. The van der Waals surface area contributed by atoms with E-state index in [1.165, 1.54) is 5.56 Å². The number of aliphatic hydroxyl groups excluding tert-OH is 1. The SMILES string of the molecule is Cc1cccc(OCC[N+]2([O-])CCC(O)CC2)c1C.O. The Morgan fingerprint density at radius 2 is 1.95 bits per heavy atom. The molecule has 0 atom stereocenters. The lowest BCUT2D eigenvalue weighted by atomic mass is 10.1. The number of aryl methyl sites for hydroxylation is 1. The summed E-state index contributed by atoms with van der Waals surface area (Å²) in [6.45, 7) is 5.97. The van der Waals surface area contributed by atoms with Gasteiger partial charge in [-0.3, -0.25) is 0 Å². The lowest BCUT2D eigenvalue weighted by Crippen LogP contribution is -2.51. The van der Waals surface area contributed by atoms with E-state index < -0.39 is 0 Å². The van der Waals surface area contributed by atoms with Gasteiger partial charge in [0.15, 0.2) is 0 Å². The van der Waals surface area contributed by atoms with Gasteiger partial charge < -0.3 is 25.2 Å². The van der Waals surface area contributed by atoms with E-state index in [2.05, 4.69) is 13.0 Å². The first kappa shape index (κ1) is 16.9. The molecule has 5 heteroatoms. The maximum atomic E-state index is 12.4. The number of nitrogens with zero attached hydrogens (tertiary/aromatic N) is 1. The average Bonchev–Trinajstić information content (AvgIpc) is 2.39. The number of benzene rings is 1. The molecule has 1 fully saturated rings. The number of hydroxylamine groups is 3. The molecule has 0 aromatic heterocycles. The van der Waals surface area contributed by atoms with E-state index in [1.807, 2.05) is 19.1 Å². The highest BCUT2D eigenvalue weighted by Crippen LogP contribution is 2.22. The summed E-state index contributed by atoms with van der Waals surface area (Å²) in [4.78, 5) is 0. The Bertz CT molecular complexity index is 428. The summed E-state index contributed by atoms with van der Waals surface area (Å²) in [5.74, 6) is 0.864. The van der Waals surface area contributed by atoms with Crippen LogP contribution in [0.5, 0.6) is 5.75 Å². The van der Waals surface area contributed by atoms with Crippen LogP contribution in [0.1, 0.15) is 24.0 Å². The summed E-state index contributed by atoms with van der Waals surface area (Å²) < 4.78 is 5.50. The normalized spacial score (nSPS) is 25.9. The molecule has 0 bridgehead atoms. The van der Waals surface area contributed by atoms with E-state index in [0.29, 0.717) is 39.1 Å². The molecule has 1 aromatic rings. The number of piperidine rings is 1. The second-order valence-electron chi connectivity index (χ2n) is 5.51. The van der Waals surface area contributed by atoms with Crippen molar-refractivity contribution in [3.05, 3.63) is 34.5 Å². The Hall–Kier alpha value is -1.14. The molecule has 1 aromatic carbocycles. The Morgan fingerprint density at radius 1 is 1.30 bits per heavy atom. The van der Waals surface area contributed by atoms with Gasteiger partial charge in [-0.25, -0.2) is 0 Å². The third kappa shape index (κ3) is 4.18. The fraction of sp³-hybridized carbons (Fsp3) is 0.600. The fourth-order valence-electron chi connectivity index (χ4n) is 2.45. The molecular formula is C15H25NO4. The number of rotatable bonds is 4. The van der Waals surface area contributed by atoms with Crippen LogP contribution in [0.15, 0.2) is 18.2 Å². The highest BCUT2D eigenvalue weighted by Gasteiger charge is 2.25. The number of likely N-dealkylation sites (tertiary alicyclic amines) is 1. The highest BCUT2D eigenvalue weighted by molar-refractivity contribution is 5.38. The van der Waals surface area contributed by atoms with Gasteiger partial charge in [0.25, 0.3) is 0 Å². The lowest BCUT2D eigenvalue weighted by molar-refractivity contribution is -0.886. The minimum Gasteiger partial charge on any atom is -0.633 e. The molecule has 1 heterocycles. The van der Waals surface area contributed by atoms with Crippen molar-refractivity contribution in [1.29, 1.82) is 0 Å². The van der Waals surface area contributed by atoms with Gasteiger partial charge in [-0.05, 0) is 31.0 Å². The van der Waals surface area contributed by atoms with Crippen molar-refractivity contribution in [2.24, 2.45) is 0 Å². The quantitative estimate of drug-likeness (QED) is 0.668. The first-order chi connectivity index (χ1) is 9.00. The van der Waals surface area contributed by atoms with Gasteiger partial charge in [-0.15, -0.1) is 0 Å². The number of hydrogen-bond donors (Lipinski definition) is 1. The van der Waals surface area contributed by atoms with Gasteiger partial charge in [0.2, 0.25) is 0 Å². The van der Waals surface area contributed by atoms with E-state index in [0.717, 1.165) is 11.3 Å². The molecular weight excluding hydrogens is 258 g/mol. The molecule has 1 saturated heterocycles. The van der Waals surface area contributed by atoms with Crippen molar-refractivity contribution in [1.82, 2.24) is 0 Å². The van der Waals surface area contributed by atoms with Crippen LogP contribution in [0.3, 0.4) is 0 Å². The predicted molar refractivity (Wildman–Crippen MR) is 78.5 cm³/mol. The Kier molecular flexibility index (Phi) is 5.95. The monoisotopic (exact) mass is 283 g/mol. The first-order valence-electron chi connectivity index (χ1n) is 6.94. The summed E-state index contributed by atoms with van der Waals surface area (Å²) >= 11 is 0. The second-order valence-corrected chi connectivity index (χ2v) is 5.51. The van der Waals surface area contributed by atoms with Crippen LogP contribution in [0.25, 0.3) is 0 Å². The zero-order valence-corrected chi connectivity index (χ0v) is 12.3. The molecule has 0 radical (unpaired) electrons. The minimum absolute atomic E-state index is 0. The van der Waals surface area contributed by atoms with E-state index in [1.54, 1.807) is 0 Å². The molecule has 1 aliphatic rings. The van der Waals surface area contributed by atoms with Crippen LogP contribution in [0.4, 0.5) is 0 Å². The summed E-state index contributed by atoms with van der Waals surface area (Å²) in [5, 5.41) is 21.8. The molecule has 0 unspecified atom stereocenters. The lowest BCUT2D eigenvalue weighted by Gasteiger charge is -2.46. The van der Waals surface area contributed by atoms with Crippen molar-refractivity contribution in [2.75, 3.05) is 26.2 Å². The van der Waals surface area contributed by atoms with E-state index >= 15 is 0 Å². The third-order valence-corrected chi connectivity index (χ3v) is 4.05. The molecule has 114 valence electrons. The molecule has 2 rings (SSSR count). The molecule has 3 N–H and O–H groups in total. The van der Waals surface area contributed by atoms with E-state index in [4.69, 9.17) is 4.74 Å². The third-order valence-electron chi connectivity index (χ3n) is 4.05. The van der Waals surface area contributed by atoms with Crippen LogP contribution in [-0.4, -0.2) is 47.6 Å². The zero-order valence-electron chi connectivity index (χ0n) is 12.3. The summed E-state index contributed by atoms with van der Waals surface area (Å²) in [5.41, 5.74) is 2.33. The average molecular weight is 283 g/mol. The number of quaternary nitrogens is 1. The van der Waals surface area contributed by atoms with Gasteiger partial charge in [0.1, 0.15) is 18.9 Å². The molecule has 1 aliphatic heterocycles. The molecule has 0 amide bonds. The number of ether oxygens (including phenoxy) is 1. The van der Waals surface area contributed by atoms with Crippen molar-refractivity contribution in [2.45, 2.75) is 32.8 Å². The van der Waals surface area contributed by atoms with Crippen LogP contribution < -0.4 is 4.74 Å². The van der Waals surface area contributed by atoms with Gasteiger partial charge in [0, 0.05) is 12.8 Å². The topological polar surface area (TPSA) is 84.0 Å². The van der Waals surface area contributed by atoms with Gasteiger partial charge in [0.05, 0.1) is 19.2 Å². The maximum Gasteiger partial charge on any atom is 0.137 e. The van der Waals surface area contributed by atoms with Crippen molar-refractivity contribution >= 4 is 0 Å². The first-order valence-corrected chi connectivity index (χ1v) is 6.94. The smallest absolute Gasteiger partial charge is 0.137 e. The van der Waals surface area contributed by atoms with Gasteiger partial charge >= 0.3 is 0 Å². The van der Waals surface area contributed by atoms with Crippen LogP contribution >= 0.6 is 0 Å². The van der Waals surface area contributed by atoms with Crippen LogP contribution in [-0.2, 0) is 0 Å². The Labute approximate surface area is 120 Å². The van der Waals surface area contributed by atoms with Gasteiger partial charge in [-0.2, -0.15) is 0 Å². The Balaban J connectivity index is 0.00000200. The predicted octanol–water partition coefficient (Wildman–Crippen LogP) is 1.33. The maximum absolute atomic E-state index is 12.4. The highest BCUT2D eigenvalue weighted by atomic mass is 16.6. The van der Waals surface area contributed by atoms with E-state index in [-0.39, 0.29) is 16.2 Å². The molecule has 5 nitrogen and oxygen atoms in total. The molecule has 20 heavy (non-hydrogen) atoms. The molecule has 0 saturated carbocycles. The van der Waals surface area contributed by atoms with E-state index in [9.17, 15) is 10.3 Å². The number of aliphatic hydroxyl groups is 1. The largest absolute Gasteiger partial charge is 0.633 e. The summed E-state index contributed by atoms with van der Waals surface area (Å²) in [7, 11) is 0. The van der Waals surface area contributed by atoms with Crippen molar-refractivity contribution in [3.63, 3.8) is 0 Å². The minimum atomic E-state index is -0.292. The summed E-state index contributed by atoms with van der Waals surface area (Å²) in [6, 6.07) is 5.96. The van der Waals surface area contributed by atoms with Crippen LogP contribution in [0.2, 0.25) is 0 Å². The molecule has 0 aliphatic carbocycles. The zero-order chi connectivity index (χ0) is 13.9. The second kappa shape index (κ2) is 7.04. The number of hydrogen-bond acceptors (Lipinski definition) is 3. The Morgan fingerprint density at radius 3 is 2.60 bits per heavy atom. The van der Waals surface area contributed by atoms with Crippen LogP contribution in [0, 0.1) is 19.1 Å². The van der Waals surface area contributed by atoms with Gasteiger partial charge in [-0.1, -0.05) is 12.1 Å². The molecule has 0 spiro atoms. The van der Waals surface area contributed by atoms with Crippen molar-refractivity contribution < 1.29 is 20.0 Å². The fourth-order valence-corrected chi connectivity index (χ4v) is 2.45. The summed E-state index contributed by atoms with van der Waals surface area (Å²) in [6.07, 6.45) is 0.917.